The SMILES string of the molecule is CCCCCCCCCC(=O)[C@@H](N)CSSCC(N)C(=O)NCCCCCCCC. The van der Waals surface area contributed by atoms with E-state index in [1.54, 1.807) is 0 Å². The van der Waals surface area contributed by atoms with Gasteiger partial charge in [0.2, 0.25) is 5.91 Å². The lowest BCUT2D eigenvalue weighted by atomic mass is 10.0. The van der Waals surface area contributed by atoms with E-state index in [2.05, 4.69) is 19.2 Å². The molecule has 30 heavy (non-hydrogen) atoms. The average molecular weight is 462 g/mol. The minimum atomic E-state index is -0.512. The maximum atomic E-state index is 12.1. The summed E-state index contributed by atoms with van der Waals surface area (Å²) in [6, 6.07) is -0.928. The van der Waals surface area contributed by atoms with Crippen LogP contribution in [0.3, 0.4) is 0 Å². The Hall–Kier alpha value is -0.240. The molecule has 0 bridgehead atoms. The Kier molecular flexibility index (Phi) is 21.8. The highest BCUT2D eigenvalue weighted by atomic mass is 33.1. The Bertz CT molecular complexity index is 387. The zero-order chi connectivity index (χ0) is 22.5. The van der Waals surface area contributed by atoms with Crippen LogP contribution in [-0.4, -0.2) is 41.8 Å². The second-order valence-electron chi connectivity index (χ2n) is 8.18. The molecule has 0 saturated heterocycles. The summed E-state index contributed by atoms with van der Waals surface area (Å²) in [4.78, 5) is 24.1. The Labute approximate surface area is 193 Å². The lowest BCUT2D eigenvalue weighted by molar-refractivity contribution is -0.122. The molecule has 0 aromatic rings. The summed E-state index contributed by atoms with van der Waals surface area (Å²) in [6.45, 7) is 5.13. The molecule has 0 saturated carbocycles. The molecule has 0 rings (SSSR count). The molecule has 0 heterocycles. The van der Waals surface area contributed by atoms with Gasteiger partial charge in [-0.05, 0) is 12.8 Å². The molecular weight excluding hydrogens is 414 g/mol. The number of carbonyl (C=O) groups is 2. The number of ketones is 1. The van der Waals surface area contributed by atoms with Crippen molar-refractivity contribution in [2.75, 3.05) is 18.1 Å². The maximum absolute atomic E-state index is 12.1. The fraction of sp³-hybridized carbons (Fsp3) is 0.913. The summed E-state index contributed by atoms with van der Waals surface area (Å²) in [7, 11) is 3.06. The molecule has 0 radical (unpaired) electrons. The van der Waals surface area contributed by atoms with Gasteiger partial charge >= 0.3 is 0 Å². The van der Waals surface area contributed by atoms with Gasteiger partial charge in [-0.3, -0.25) is 9.59 Å². The van der Waals surface area contributed by atoms with Gasteiger partial charge in [-0.1, -0.05) is 106 Å². The summed E-state index contributed by atoms with van der Waals surface area (Å²) in [5.74, 6) is 1.17. The Morgan fingerprint density at radius 1 is 0.700 bits per heavy atom. The fourth-order valence-electron chi connectivity index (χ4n) is 3.10. The number of nitrogens with one attached hydrogen (secondary N) is 1. The van der Waals surface area contributed by atoms with Gasteiger partial charge in [0.15, 0.2) is 0 Å². The molecule has 5 N–H and O–H groups in total. The number of carbonyl (C=O) groups excluding carboxylic acids is 2. The molecule has 0 aromatic carbocycles. The lowest BCUT2D eigenvalue weighted by Gasteiger charge is -2.13. The predicted molar refractivity (Wildman–Crippen MR) is 135 cm³/mol. The number of amides is 1. The van der Waals surface area contributed by atoms with Crippen LogP contribution in [0, 0.1) is 0 Å². The first-order valence-electron chi connectivity index (χ1n) is 12.1. The Balaban J connectivity index is 3.62. The van der Waals surface area contributed by atoms with Crippen LogP contribution in [0.15, 0.2) is 0 Å². The molecular formula is C23H47N3O2S2. The van der Waals surface area contributed by atoms with Crippen LogP contribution >= 0.6 is 21.6 Å². The van der Waals surface area contributed by atoms with Crippen LogP contribution in [0.25, 0.3) is 0 Å². The number of hydrogen-bond acceptors (Lipinski definition) is 6. The quantitative estimate of drug-likeness (QED) is 0.151. The third-order valence-electron chi connectivity index (χ3n) is 5.19. The Morgan fingerprint density at radius 3 is 1.73 bits per heavy atom. The molecule has 1 unspecified atom stereocenters. The largest absolute Gasteiger partial charge is 0.355 e. The first kappa shape index (κ1) is 29.8. The monoisotopic (exact) mass is 461 g/mol. The summed E-state index contributed by atoms with van der Waals surface area (Å²) in [6.07, 6.45) is 16.2. The predicted octanol–water partition coefficient (Wildman–Crippen LogP) is 5.21. The minimum absolute atomic E-state index is 0.0871. The van der Waals surface area contributed by atoms with Crippen LogP contribution in [0.1, 0.15) is 104 Å². The van der Waals surface area contributed by atoms with E-state index in [9.17, 15) is 9.59 Å². The highest BCUT2D eigenvalue weighted by Crippen LogP contribution is 2.23. The van der Waals surface area contributed by atoms with Crippen molar-refractivity contribution in [2.45, 2.75) is 116 Å². The fourth-order valence-corrected chi connectivity index (χ4v) is 5.38. The minimum Gasteiger partial charge on any atom is -0.355 e. The van der Waals surface area contributed by atoms with Crippen LogP contribution < -0.4 is 16.8 Å². The summed E-state index contributed by atoms with van der Waals surface area (Å²) in [5.41, 5.74) is 12.0. The molecule has 0 aliphatic rings. The van der Waals surface area contributed by atoms with E-state index in [1.807, 2.05) is 0 Å². The lowest BCUT2D eigenvalue weighted by Crippen LogP contribution is -2.42. The van der Waals surface area contributed by atoms with Crippen LogP contribution in [0.4, 0.5) is 0 Å². The highest BCUT2D eigenvalue weighted by Gasteiger charge is 2.16. The molecule has 0 aliphatic heterocycles. The van der Waals surface area contributed by atoms with Gasteiger partial charge in [-0.25, -0.2) is 0 Å². The van der Waals surface area contributed by atoms with Gasteiger partial charge in [0, 0.05) is 24.5 Å². The molecule has 0 fully saturated rings. The summed E-state index contributed by atoms with van der Waals surface area (Å²) >= 11 is 0. The van der Waals surface area contributed by atoms with Crippen molar-refractivity contribution in [2.24, 2.45) is 11.5 Å². The molecule has 1 amide bonds. The van der Waals surface area contributed by atoms with Crippen LogP contribution in [-0.2, 0) is 9.59 Å². The van der Waals surface area contributed by atoms with Crippen LogP contribution in [0.5, 0.6) is 0 Å². The van der Waals surface area contributed by atoms with E-state index in [0.717, 1.165) is 25.7 Å². The second-order valence-corrected chi connectivity index (χ2v) is 10.7. The highest BCUT2D eigenvalue weighted by molar-refractivity contribution is 8.76. The van der Waals surface area contributed by atoms with Crippen molar-refractivity contribution in [3.05, 3.63) is 0 Å². The van der Waals surface area contributed by atoms with Gasteiger partial charge in [0.25, 0.3) is 0 Å². The molecule has 178 valence electrons. The first-order chi connectivity index (χ1) is 14.5. The molecule has 5 nitrogen and oxygen atoms in total. The summed E-state index contributed by atoms with van der Waals surface area (Å²) < 4.78 is 0. The van der Waals surface area contributed by atoms with E-state index < -0.39 is 12.1 Å². The van der Waals surface area contributed by atoms with Gasteiger partial charge < -0.3 is 16.8 Å². The third-order valence-corrected chi connectivity index (χ3v) is 7.66. The topological polar surface area (TPSA) is 98.2 Å². The third kappa shape index (κ3) is 18.5. The van der Waals surface area contributed by atoms with E-state index >= 15 is 0 Å². The average Bonchev–Trinajstić information content (AvgIpc) is 2.74. The molecule has 2 atom stereocenters. The van der Waals surface area contributed by atoms with Crippen molar-refractivity contribution in [1.82, 2.24) is 5.32 Å². The smallest absolute Gasteiger partial charge is 0.237 e. The zero-order valence-electron chi connectivity index (χ0n) is 19.5. The van der Waals surface area contributed by atoms with Crippen molar-refractivity contribution in [3.63, 3.8) is 0 Å². The molecule has 0 spiro atoms. The maximum Gasteiger partial charge on any atom is 0.237 e. The number of unbranched alkanes of at least 4 members (excludes halogenated alkanes) is 11. The zero-order valence-corrected chi connectivity index (χ0v) is 21.1. The molecule has 7 heteroatoms. The number of hydrogen-bond donors (Lipinski definition) is 3. The van der Waals surface area contributed by atoms with Crippen molar-refractivity contribution < 1.29 is 9.59 Å². The summed E-state index contributed by atoms with van der Waals surface area (Å²) in [5, 5.41) is 2.92. The number of nitrogens with two attached hydrogens (primary N) is 2. The van der Waals surface area contributed by atoms with Gasteiger partial charge in [-0.15, -0.1) is 0 Å². The van der Waals surface area contributed by atoms with E-state index in [4.69, 9.17) is 11.5 Å². The Morgan fingerprint density at radius 2 is 1.17 bits per heavy atom. The standard InChI is InChI=1S/C23H47N3O2S2/c1-3-5-7-9-11-12-14-16-22(27)20(24)18-29-30-19-21(25)23(28)26-17-15-13-10-8-6-4-2/h20-21H,3-19,24-25H2,1-2H3,(H,26,28)/t20-,21?/m0/s1. The molecule has 0 aliphatic carbocycles. The van der Waals surface area contributed by atoms with E-state index in [0.29, 0.717) is 24.5 Å². The van der Waals surface area contributed by atoms with Crippen molar-refractivity contribution in [3.8, 4) is 0 Å². The normalized spacial score (nSPS) is 13.2. The van der Waals surface area contributed by atoms with Gasteiger partial charge in [-0.2, -0.15) is 0 Å². The van der Waals surface area contributed by atoms with Gasteiger partial charge in [0.05, 0.1) is 12.1 Å². The first-order valence-corrected chi connectivity index (χ1v) is 14.6. The van der Waals surface area contributed by atoms with Gasteiger partial charge in [0.1, 0.15) is 5.78 Å². The number of Topliss-reactive ketones (excluding diaryl/α,β-unsaturated/α-hetero) is 1. The van der Waals surface area contributed by atoms with E-state index in [1.165, 1.54) is 79.4 Å². The van der Waals surface area contributed by atoms with E-state index in [-0.39, 0.29) is 11.7 Å². The van der Waals surface area contributed by atoms with Crippen molar-refractivity contribution in [1.29, 1.82) is 0 Å². The van der Waals surface area contributed by atoms with Crippen molar-refractivity contribution >= 4 is 33.3 Å². The molecule has 0 aromatic heterocycles. The number of rotatable bonds is 22. The van der Waals surface area contributed by atoms with Crippen LogP contribution in [0.2, 0.25) is 0 Å². The second kappa shape index (κ2) is 22.0.